The molecule has 1 N–H and O–H groups in total. The fourth-order valence-corrected chi connectivity index (χ4v) is 2.23. The zero-order valence-electron chi connectivity index (χ0n) is 11.6. The van der Waals surface area contributed by atoms with Crippen molar-refractivity contribution in [2.24, 2.45) is 5.92 Å². The highest BCUT2D eigenvalue weighted by atomic mass is 16.5. The van der Waals surface area contributed by atoms with Crippen molar-refractivity contribution in [3.63, 3.8) is 0 Å². The Hall–Kier alpha value is -1.88. The molecule has 1 amide bonds. The topological polar surface area (TPSA) is 64.6 Å². The molecular formula is C15H19NO4. The van der Waals surface area contributed by atoms with Crippen molar-refractivity contribution < 1.29 is 19.1 Å². The number of benzene rings is 1. The summed E-state index contributed by atoms with van der Waals surface area (Å²) in [5.74, 6) is 0.0193. The van der Waals surface area contributed by atoms with Crippen LogP contribution >= 0.6 is 0 Å². The second-order valence-electron chi connectivity index (χ2n) is 4.88. The Balaban J connectivity index is 1.85. The highest BCUT2D eigenvalue weighted by Crippen LogP contribution is 2.19. The van der Waals surface area contributed by atoms with Gasteiger partial charge in [0, 0.05) is 25.3 Å². The second kappa shape index (κ2) is 7.05. The predicted molar refractivity (Wildman–Crippen MR) is 74.6 cm³/mol. The molecule has 0 atom stereocenters. The lowest BCUT2D eigenvalue weighted by atomic mass is 9.96. The maximum absolute atomic E-state index is 11.9. The van der Waals surface area contributed by atoms with Crippen molar-refractivity contribution in [3.05, 3.63) is 29.8 Å². The number of ether oxygens (including phenoxy) is 2. The average Bonchev–Trinajstić information content (AvgIpc) is 2.48. The Kier molecular flexibility index (Phi) is 5.12. The Morgan fingerprint density at radius 1 is 1.25 bits per heavy atom. The first kappa shape index (κ1) is 14.5. The van der Waals surface area contributed by atoms with E-state index in [2.05, 4.69) is 10.1 Å². The van der Waals surface area contributed by atoms with E-state index in [0.717, 1.165) is 26.1 Å². The summed E-state index contributed by atoms with van der Waals surface area (Å²) in [4.78, 5) is 23.2. The molecule has 0 bridgehead atoms. The van der Waals surface area contributed by atoms with Crippen LogP contribution in [0, 0.1) is 5.92 Å². The number of anilines is 1. The van der Waals surface area contributed by atoms with Crippen LogP contribution in [-0.4, -0.2) is 32.2 Å². The molecule has 1 heterocycles. The lowest BCUT2D eigenvalue weighted by Crippen LogP contribution is -2.22. The molecule has 1 fully saturated rings. The molecule has 1 saturated heterocycles. The number of amides is 1. The van der Waals surface area contributed by atoms with Gasteiger partial charge in [-0.15, -0.1) is 0 Å². The molecular weight excluding hydrogens is 258 g/mol. The standard InChI is InChI=1S/C15H19NO4/c1-19-15(18)12-2-4-13(5-3-12)16-14(17)10-11-6-8-20-9-7-11/h2-5,11H,6-10H2,1H3,(H,16,17). The molecule has 0 unspecified atom stereocenters. The third-order valence-electron chi connectivity index (χ3n) is 3.40. The number of carbonyl (C=O) groups excluding carboxylic acids is 2. The molecule has 108 valence electrons. The van der Waals surface area contributed by atoms with Crippen molar-refractivity contribution in [1.29, 1.82) is 0 Å². The fraction of sp³-hybridized carbons (Fsp3) is 0.467. The number of rotatable bonds is 4. The van der Waals surface area contributed by atoms with Gasteiger partial charge < -0.3 is 14.8 Å². The summed E-state index contributed by atoms with van der Waals surface area (Å²) in [6, 6.07) is 6.67. The molecule has 20 heavy (non-hydrogen) atoms. The Morgan fingerprint density at radius 3 is 2.50 bits per heavy atom. The summed E-state index contributed by atoms with van der Waals surface area (Å²) in [6.07, 6.45) is 2.39. The van der Waals surface area contributed by atoms with Gasteiger partial charge in [-0.2, -0.15) is 0 Å². The van der Waals surface area contributed by atoms with Crippen LogP contribution in [0.25, 0.3) is 0 Å². The summed E-state index contributed by atoms with van der Waals surface area (Å²) >= 11 is 0. The smallest absolute Gasteiger partial charge is 0.337 e. The first-order valence-corrected chi connectivity index (χ1v) is 6.75. The van der Waals surface area contributed by atoms with E-state index >= 15 is 0 Å². The number of hydrogen-bond donors (Lipinski definition) is 1. The van der Waals surface area contributed by atoms with Crippen molar-refractivity contribution in [2.45, 2.75) is 19.3 Å². The lowest BCUT2D eigenvalue weighted by molar-refractivity contribution is -0.117. The molecule has 5 heteroatoms. The number of hydrogen-bond acceptors (Lipinski definition) is 4. The third kappa shape index (κ3) is 4.06. The second-order valence-corrected chi connectivity index (χ2v) is 4.88. The van der Waals surface area contributed by atoms with Crippen LogP contribution in [0.5, 0.6) is 0 Å². The van der Waals surface area contributed by atoms with Crippen LogP contribution in [0.15, 0.2) is 24.3 Å². The highest BCUT2D eigenvalue weighted by Gasteiger charge is 2.17. The van der Waals surface area contributed by atoms with E-state index in [1.165, 1.54) is 7.11 Å². The molecule has 0 aliphatic carbocycles. The summed E-state index contributed by atoms with van der Waals surface area (Å²) in [6.45, 7) is 1.48. The van der Waals surface area contributed by atoms with Gasteiger partial charge >= 0.3 is 5.97 Å². The van der Waals surface area contributed by atoms with E-state index < -0.39 is 0 Å². The van der Waals surface area contributed by atoms with Gasteiger partial charge in [0.2, 0.25) is 5.91 Å². The number of methoxy groups -OCH3 is 1. The largest absolute Gasteiger partial charge is 0.465 e. The van der Waals surface area contributed by atoms with Gasteiger partial charge in [-0.3, -0.25) is 4.79 Å². The lowest BCUT2D eigenvalue weighted by Gasteiger charge is -2.21. The SMILES string of the molecule is COC(=O)c1ccc(NC(=O)CC2CCOCC2)cc1. The van der Waals surface area contributed by atoms with Gasteiger partial charge in [0.1, 0.15) is 0 Å². The average molecular weight is 277 g/mol. The van der Waals surface area contributed by atoms with E-state index in [1.54, 1.807) is 24.3 Å². The summed E-state index contributed by atoms with van der Waals surface area (Å²) in [7, 11) is 1.34. The van der Waals surface area contributed by atoms with E-state index in [4.69, 9.17) is 4.74 Å². The zero-order chi connectivity index (χ0) is 14.4. The molecule has 1 aliphatic heterocycles. The van der Waals surface area contributed by atoms with Crippen molar-refractivity contribution >= 4 is 17.6 Å². The fourth-order valence-electron chi connectivity index (χ4n) is 2.23. The number of carbonyl (C=O) groups is 2. The van der Waals surface area contributed by atoms with Crippen LogP contribution < -0.4 is 5.32 Å². The monoisotopic (exact) mass is 277 g/mol. The van der Waals surface area contributed by atoms with Gasteiger partial charge in [0.25, 0.3) is 0 Å². The Bertz CT molecular complexity index is 463. The molecule has 0 spiro atoms. The van der Waals surface area contributed by atoms with Crippen LogP contribution in [0.3, 0.4) is 0 Å². The van der Waals surface area contributed by atoms with Crippen molar-refractivity contribution in [3.8, 4) is 0 Å². The van der Waals surface area contributed by atoms with E-state index in [-0.39, 0.29) is 11.9 Å². The van der Waals surface area contributed by atoms with Gasteiger partial charge in [-0.25, -0.2) is 4.79 Å². The van der Waals surface area contributed by atoms with Gasteiger partial charge in [-0.1, -0.05) is 0 Å². The normalized spacial score (nSPS) is 15.7. The molecule has 0 radical (unpaired) electrons. The van der Waals surface area contributed by atoms with Crippen LogP contribution in [0.4, 0.5) is 5.69 Å². The van der Waals surface area contributed by atoms with Gasteiger partial charge in [0.05, 0.1) is 12.7 Å². The minimum absolute atomic E-state index is 0.00252. The summed E-state index contributed by atoms with van der Waals surface area (Å²) < 4.78 is 9.89. The van der Waals surface area contributed by atoms with Gasteiger partial charge in [-0.05, 0) is 43.0 Å². The number of nitrogens with one attached hydrogen (secondary N) is 1. The Labute approximate surface area is 118 Å². The first-order chi connectivity index (χ1) is 9.69. The minimum Gasteiger partial charge on any atom is -0.465 e. The minimum atomic E-state index is -0.384. The molecule has 2 rings (SSSR count). The van der Waals surface area contributed by atoms with Gasteiger partial charge in [0.15, 0.2) is 0 Å². The highest BCUT2D eigenvalue weighted by molar-refractivity contribution is 5.93. The molecule has 0 aromatic heterocycles. The summed E-state index contributed by atoms with van der Waals surface area (Å²) in [5, 5.41) is 2.84. The van der Waals surface area contributed by atoms with Crippen LogP contribution in [0.2, 0.25) is 0 Å². The summed E-state index contributed by atoms with van der Waals surface area (Å²) in [5.41, 5.74) is 1.16. The quantitative estimate of drug-likeness (QED) is 0.857. The Morgan fingerprint density at radius 2 is 1.90 bits per heavy atom. The third-order valence-corrected chi connectivity index (χ3v) is 3.40. The predicted octanol–water partition coefficient (Wildman–Crippen LogP) is 2.23. The molecule has 1 aromatic carbocycles. The molecule has 5 nitrogen and oxygen atoms in total. The number of esters is 1. The zero-order valence-corrected chi connectivity index (χ0v) is 11.6. The van der Waals surface area contributed by atoms with E-state index in [1.807, 2.05) is 0 Å². The van der Waals surface area contributed by atoms with Crippen LogP contribution in [-0.2, 0) is 14.3 Å². The van der Waals surface area contributed by atoms with Crippen molar-refractivity contribution in [1.82, 2.24) is 0 Å². The van der Waals surface area contributed by atoms with E-state index in [0.29, 0.717) is 23.6 Å². The molecule has 1 aromatic rings. The first-order valence-electron chi connectivity index (χ1n) is 6.75. The van der Waals surface area contributed by atoms with E-state index in [9.17, 15) is 9.59 Å². The van der Waals surface area contributed by atoms with Crippen molar-refractivity contribution in [2.75, 3.05) is 25.6 Å². The molecule has 1 aliphatic rings. The maximum atomic E-state index is 11.9. The van der Waals surface area contributed by atoms with Crippen LogP contribution in [0.1, 0.15) is 29.6 Å². The molecule has 0 saturated carbocycles. The maximum Gasteiger partial charge on any atom is 0.337 e.